The van der Waals surface area contributed by atoms with Gasteiger partial charge in [0.05, 0.1) is 12.3 Å². The first-order valence-corrected chi connectivity index (χ1v) is 8.15. The van der Waals surface area contributed by atoms with Crippen LogP contribution in [0.3, 0.4) is 0 Å². The van der Waals surface area contributed by atoms with Gasteiger partial charge < -0.3 is 10.2 Å². The fraction of sp³-hybridized carbons (Fsp3) is 0.100. The molecule has 3 rings (SSSR count). The maximum atomic E-state index is 12.6. The summed E-state index contributed by atoms with van der Waals surface area (Å²) >= 11 is 0. The van der Waals surface area contributed by atoms with Crippen molar-refractivity contribution in [1.82, 2.24) is 10.6 Å². The van der Waals surface area contributed by atoms with Crippen molar-refractivity contribution in [3.63, 3.8) is 0 Å². The zero-order chi connectivity index (χ0) is 18.4. The maximum Gasteiger partial charge on any atom is 0.318 e. The number of rotatable bonds is 6. The van der Waals surface area contributed by atoms with Gasteiger partial charge in [-0.2, -0.15) is 0 Å². The Morgan fingerprint density at radius 1 is 0.846 bits per heavy atom. The van der Waals surface area contributed by atoms with Gasteiger partial charge in [0.2, 0.25) is 5.91 Å². The second-order valence-corrected chi connectivity index (χ2v) is 5.72. The van der Waals surface area contributed by atoms with Gasteiger partial charge in [-0.3, -0.25) is 15.4 Å². The molecule has 0 spiro atoms. The van der Waals surface area contributed by atoms with E-state index in [0.29, 0.717) is 11.3 Å². The van der Waals surface area contributed by atoms with Crippen molar-refractivity contribution in [2.75, 3.05) is 0 Å². The molecular formula is C20H19N3O3. The Balaban J connectivity index is 1.97. The predicted molar refractivity (Wildman–Crippen MR) is 97.0 cm³/mol. The molecule has 1 heterocycles. The number of nitrogens with one attached hydrogen (secondary N) is 2. The van der Waals surface area contributed by atoms with Crippen LogP contribution in [0.2, 0.25) is 0 Å². The molecule has 3 amide bonds. The summed E-state index contributed by atoms with van der Waals surface area (Å²) in [5.74, 6) is 0.125. The quantitative estimate of drug-likeness (QED) is 0.637. The maximum absolute atomic E-state index is 12.6. The van der Waals surface area contributed by atoms with E-state index in [1.54, 1.807) is 12.3 Å². The van der Waals surface area contributed by atoms with Crippen molar-refractivity contribution in [2.45, 2.75) is 12.1 Å². The Morgan fingerprint density at radius 2 is 1.46 bits per heavy atom. The molecule has 0 saturated carbocycles. The van der Waals surface area contributed by atoms with Crippen molar-refractivity contribution >= 4 is 11.9 Å². The molecule has 2 atom stereocenters. The highest BCUT2D eigenvalue weighted by atomic mass is 16.3. The SMILES string of the molecule is NC(=O)NC(=O)[C@H](N[C@H](c1ccccc1)c1ccco1)c1ccccc1. The van der Waals surface area contributed by atoms with E-state index in [4.69, 9.17) is 10.2 Å². The van der Waals surface area contributed by atoms with Crippen molar-refractivity contribution in [3.8, 4) is 0 Å². The summed E-state index contributed by atoms with van der Waals surface area (Å²) in [6.45, 7) is 0. The summed E-state index contributed by atoms with van der Waals surface area (Å²) in [5, 5.41) is 5.43. The lowest BCUT2D eigenvalue weighted by Gasteiger charge is -2.24. The van der Waals surface area contributed by atoms with Crippen LogP contribution < -0.4 is 16.4 Å². The van der Waals surface area contributed by atoms with Gasteiger partial charge >= 0.3 is 6.03 Å². The molecule has 0 aliphatic rings. The number of primary amides is 1. The van der Waals surface area contributed by atoms with Crippen LogP contribution in [-0.2, 0) is 4.79 Å². The Labute approximate surface area is 151 Å². The summed E-state index contributed by atoms with van der Waals surface area (Å²) in [4.78, 5) is 23.8. The first-order chi connectivity index (χ1) is 12.6. The number of carbonyl (C=O) groups is 2. The Bertz CT molecular complexity index is 849. The lowest BCUT2D eigenvalue weighted by molar-refractivity contribution is -0.122. The van der Waals surface area contributed by atoms with Crippen LogP contribution in [0, 0.1) is 0 Å². The molecule has 132 valence electrons. The van der Waals surface area contributed by atoms with Gasteiger partial charge in [-0.15, -0.1) is 0 Å². The van der Waals surface area contributed by atoms with Gasteiger partial charge in [-0.25, -0.2) is 4.79 Å². The van der Waals surface area contributed by atoms with Gasteiger partial charge in [0.15, 0.2) is 0 Å². The van der Waals surface area contributed by atoms with E-state index in [-0.39, 0.29) is 6.04 Å². The lowest BCUT2D eigenvalue weighted by atomic mass is 10.00. The van der Waals surface area contributed by atoms with E-state index in [1.807, 2.05) is 66.7 Å². The highest BCUT2D eigenvalue weighted by Gasteiger charge is 2.27. The average Bonchev–Trinajstić information content (AvgIpc) is 3.17. The number of benzene rings is 2. The average molecular weight is 349 g/mol. The van der Waals surface area contributed by atoms with Crippen molar-refractivity contribution in [1.29, 1.82) is 0 Å². The van der Waals surface area contributed by atoms with Gasteiger partial charge in [0.25, 0.3) is 0 Å². The smallest absolute Gasteiger partial charge is 0.318 e. The number of amides is 3. The van der Waals surface area contributed by atoms with E-state index in [0.717, 1.165) is 5.56 Å². The number of hydrogen-bond acceptors (Lipinski definition) is 4. The molecule has 0 unspecified atom stereocenters. The number of furan rings is 1. The van der Waals surface area contributed by atoms with E-state index >= 15 is 0 Å². The first-order valence-electron chi connectivity index (χ1n) is 8.15. The molecule has 1 aromatic heterocycles. The second-order valence-electron chi connectivity index (χ2n) is 5.72. The summed E-state index contributed by atoms with van der Waals surface area (Å²) in [6, 6.07) is 20.3. The summed E-state index contributed by atoms with van der Waals surface area (Å²) < 4.78 is 5.56. The molecule has 4 N–H and O–H groups in total. The van der Waals surface area contributed by atoms with Crippen LogP contribution in [0.4, 0.5) is 4.79 Å². The standard InChI is InChI=1S/C20H19N3O3/c21-20(25)23-19(24)18(15-10-5-2-6-11-15)22-17(16-12-7-13-26-16)14-8-3-1-4-9-14/h1-13,17-18,22H,(H3,21,23,24,25)/t17-,18-/m1/s1. The van der Waals surface area contributed by atoms with E-state index in [9.17, 15) is 9.59 Å². The molecular weight excluding hydrogens is 330 g/mol. The minimum atomic E-state index is -0.896. The Morgan fingerprint density at radius 3 is 2.00 bits per heavy atom. The number of imide groups is 1. The Kier molecular flexibility index (Phi) is 5.46. The molecule has 0 aliphatic carbocycles. The van der Waals surface area contributed by atoms with Gasteiger partial charge in [0.1, 0.15) is 11.8 Å². The van der Waals surface area contributed by atoms with Gasteiger partial charge in [0, 0.05) is 0 Å². The molecule has 2 aromatic carbocycles. The highest BCUT2D eigenvalue weighted by Crippen LogP contribution is 2.26. The number of nitrogens with two attached hydrogens (primary N) is 1. The molecule has 0 radical (unpaired) electrons. The normalized spacial score (nSPS) is 12.9. The molecule has 26 heavy (non-hydrogen) atoms. The largest absolute Gasteiger partial charge is 0.467 e. The van der Waals surface area contributed by atoms with Crippen LogP contribution >= 0.6 is 0 Å². The van der Waals surface area contributed by atoms with E-state index in [1.165, 1.54) is 0 Å². The van der Waals surface area contributed by atoms with Crippen LogP contribution in [0.1, 0.15) is 29.0 Å². The van der Waals surface area contributed by atoms with Crippen molar-refractivity contribution in [3.05, 3.63) is 95.9 Å². The third-order valence-corrected chi connectivity index (χ3v) is 3.94. The van der Waals surface area contributed by atoms with E-state index in [2.05, 4.69) is 10.6 Å². The molecule has 6 heteroatoms. The topological polar surface area (TPSA) is 97.4 Å². The summed E-state index contributed by atoms with van der Waals surface area (Å²) in [6.07, 6.45) is 1.58. The summed E-state index contributed by atoms with van der Waals surface area (Å²) in [5.41, 5.74) is 6.76. The molecule has 0 fully saturated rings. The zero-order valence-electron chi connectivity index (χ0n) is 14.0. The fourth-order valence-electron chi connectivity index (χ4n) is 2.77. The fourth-order valence-corrected chi connectivity index (χ4v) is 2.77. The minimum Gasteiger partial charge on any atom is -0.467 e. The third-order valence-electron chi connectivity index (χ3n) is 3.94. The molecule has 0 bridgehead atoms. The van der Waals surface area contributed by atoms with Crippen LogP contribution in [0.15, 0.2) is 83.5 Å². The highest BCUT2D eigenvalue weighted by molar-refractivity contribution is 5.96. The summed E-state index contributed by atoms with van der Waals surface area (Å²) in [7, 11) is 0. The predicted octanol–water partition coefficient (Wildman–Crippen LogP) is 2.89. The molecule has 0 aliphatic heterocycles. The number of urea groups is 1. The third kappa shape index (κ3) is 4.17. The van der Waals surface area contributed by atoms with Crippen LogP contribution in [0.5, 0.6) is 0 Å². The van der Waals surface area contributed by atoms with Crippen LogP contribution in [-0.4, -0.2) is 11.9 Å². The van der Waals surface area contributed by atoms with Crippen LogP contribution in [0.25, 0.3) is 0 Å². The van der Waals surface area contributed by atoms with Crippen molar-refractivity contribution < 1.29 is 14.0 Å². The van der Waals surface area contributed by atoms with Gasteiger partial charge in [-0.05, 0) is 23.3 Å². The monoisotopic (exact) mass is 349 g/mol. The van der Waals surface area contributed by atoms with E-state index < -0.39 is 18.0 Å². The molecule has 0 saturated heterocycles. The first kappa shape index (κ1) is 17.4. The van der Waals surface area contributed by atoms with Gasteiger partial charge in [-0.1, -0.05) is 60.7 Å². The van der Waals surface area contributed by atoms with Crippen molar-refractivity contribution in [2.24, 2.45) is 5.73 Å². The molecule has 6 nitrogen and oxygen atoms in total. The Hall–Kier alpha value is -3.38. The number of hydrogen-bond donors (Lipinski definition) is 3. The lowest BCUT2D eigenvalue weighted by Crippen LogP contribution is -2.44. The number of carbonyl (C=O) groups excluding carboxylic acids is 2. The zero-order valence-corrected chi connectivity index (χ0v) is 14.0. The second kappa shape index (κ2) is 8.13. The minimum absolute atomic E-state index is 0.380. The molecule has 3 aromatic rings.